The number of hydrogen-bond donors (Lipinski definition) is 0. The molecule has 0 saturated carbocycles. The molecule has 1 saturated heterocycles. The Kier molecular flexibility index (Phi) is 4.32. The zero-order valence-corrected chi connectivity index (χ0v) is 13.7. The highest BCUT2D eigenvalue weighted by Crippen LogP contribution is 2.27. The van der Waals surface area contributed by atoms with Gasteiger partial charge in [0.1, 0.15) is 0 Å². The van der Waals surface area contributed by atoms with Crippen molar-refractivity contribution in [3.63, 3.8) is 0 Å². The predicted octanol–water partition coefficient (Wildman–Crippen LogP) is 1.17. The standard InChI is InChI=1S/C18H22N4O2/c23-18(22-9-6-15-4-1-2-5-17(15)22)14-20-10-11-24-16(12-20)13-21-8-3-7-19-21/h1-5,7-8,16H,6,9-14H2/t16-/m1/s1. The number of nitrogens with zero attached hydrogens (tertiary/aromatic N) is 4. The molecule has 1 atom stereocenters. The lowest BCUT2D eigenvalue weighted by molar-refractivity contribution is -0.121. The van der Waals surface area contributed by atoms with Crippen LogP contribution in [0.3, 0.4) is 0 Å². The van der Waals surface area contributed by atoms with Crippen molar-refractivity contribution in [2.75, 3.05) is 37.7 Å². The molecule has 6 heteroatoms. The summed E-state index contributed by atoms with van der Waals surface area (Å²) in [6, 6.07) is 10.1. The van der Waals surface area contributed by atoms with Crippen molar-refractivity contribution in [2.24, 2.45) is 0 Å². The quantitative estimate of drug-likeness (QED) is 0.846. The molecule has 1 fully saturated rings. The number of amides is 1. The molecule has 0 N–H and O–H groups in total. The van der Waals surface area contributed by atoms with Gasteiger partial charge in [-0.05, 0) is 24.1 Å². The van der Waals surface area contributed by atoms with Gasteiger partial charge in [0, 0.05) is 37.7 Å². The van der Waals surface area contributed by atoms with Gasteiger partial charge in [-0.3, -0.25) is 14.4 Å². The molecule has 0 radical (unpaired) electrons. The zero-order chi connectivity index (χ0) is 16.4. The molecule has 126 valence electrons. The number of ether oxygens (including phenoxy) is 1. The number of para-hydroxylation sites is 1. The van der Waals surface area contributed by atoms with Crippen LogP contribution in [0.15, 0.2) is 42.7 Å². The van der Waals surface area contributed by atoms with Crippen LogP contribution in [0.2, 0.25) is 0 Å². The SMILES string of the molecule is O=C(CN1CCO[C@@H](Cn2cccn2)C1)N1CCc2ccccc21. The third kappa shape index (κ3) is 3.20. The van der Waals surface area contributed by atoms with E-state index in [-0.39, 0.29) is 12.0 Å². The first-order valence-corrected chi connectivity index (χ1v) is 8.49. The van der Waals surface area contributed by atoms with Gasteiger partial charge < -0.3 is 9.64 Å². The maximum atomic E-state index is 12.7. The van der Waals surface area contributed by atoms with Crippen LogP contribution in [0.25, 0.3) is 0 Å². The van der Waals surface area contributed by atoms with Crippen molar-refractivity contribution in [2.45, 2.75) is 19.1 Å². The van der Waals surface area contributed by atoms with Crippen LogP contribution >= 0.6 is 0 Å². The van der Waals surface area contributed by atoms with E-state index >= 15 is 0 Å². The second-order valence-corrected chi connectivity index (χ2v) is 6.38. The number of rotatable bonds is 4. The summed E-state index contributed by atoms with van der Waals surface area (Å²) in [5.74, 6) is 0.180. The number of fused-ring (bicyclic) bond motifs is 1. The van der Waals surface area contributed by atoms with E-state index in [2.05, 4.69) is 16.1 Å². The summed E-state index contributed by atoms with van der Waals surface area (Å²) >= 11 is 0. The molecule has 24 heavy (non-hydrogen) atoms. The van der Waals surface area contributed by atoms with Crippen LogP contribution in [-0.4, -0.2) is 59.5 Å². The molecule has 1 aromatic heterocycles. The smallest absolute Gasteiger partial charge is 0.241 e. The molecule has 0 spiro atoms. The summed E-state index contributed by atoms with van der Waals surface area (Å²) < 4.78 is 7.70. The Labute approximate surface area is 141 Å². The van der Waals surface area contributed by atoms with Gasteiger partial charge in [-0.15, -0.1) is 0 Å². The number of morpholine rings is 1. The van der Waals surface area contributed by atoms with Crippen LogP contribution in [0.5, 0.6) is 0 Å². The number of carbonyl (C=O) groups is 1. The fraction of sp³-hybridized carbons (Fsp3) is 0.444. The molecule has 2 aliphatic heterocycles. The van der Waals surface area contributed by atoms with E-state index in [1.54, 1.807) is 6.20 Å². The lowest BCUT2D eigenvalue weighted by Gasteiger charge is -2.33. The average Bonchev–Trinajstić information content (AvgIpc) is 3.24. The average molecular weight is 326 g/mol. The van der Waals surface area contributed by atoms with Gasteiger partial charge in [0.2, 0.25) is 5.91 Å². The fourth-order valence-corrected chi connectivity index (χ4v) is 3.53. The maximum Gasteiger partial charge on any atom is 0.241 e. The summed E-state index contributed by atoms with van der Waals surface area (Å²) in [5, 5.41) is 4.23. The second-order valence-electron chi connectivity index (χ2n) is 6.38. The van der Waals surface area contributed by atoms with Crippen molar-refractivity contribution in [3.05, 3.63) is 48.3 Å². The van der Waals surface area contributed by atoms with Crippen molar-refractivity contribution in [1.29, 1.82) is 0 Å². The third-order valence-corrected chi connectivity index (χ3v) is 4.72. The first-order valence-electron chi connectivity index (χ1n) is 8.49. The van der Waals surface area contributed by atoms with E-state index in [1.807, 2.05) is 40.0 Å². The van der Waals surface area contributed by atoms with E-state index in [0.717, 1.165) is 38.3 Å². The molecule has 4 rings (SSSR count). The minimum atomic E-state index is 0.0808. The molecule has 3 heterocycles. The van der Waals surface area contributed by atoms with Gasteiger partial charge in [0.05, 0.1) is 25.8 Å². The highest BCUT2D eigenvalue weighted by atomic mass is 16.5. The molecule has 0 aliphatic carbocycles. The van der Waals surface area contributed by atoms with Crippen molar-refractivity contribution in [1.82, 2.24) is 14.7 Å². The van der Waals surface area contributed by atoms with Crippen LogP contribution < -0.4 is 4.90 Å². The third-order valence-electron chi connectivity index (χ3n) is 4.72. The van der Waals surface area contributed by atoms with Crippen LogP contribution in [-0.2, 0) is 22.5 Å². The van der Waals surface area contributed by atoms with E-state index in [9.17, 15) is 4.79 Å². The minimum Gasteiger partial charge on any atom is -0.374 e. The number of benzene rings is 1. The van der Waals surface area contributed by atoms with Crippen molar-refractivity contribution in [3.8, 4) is 0 Å². The topological polar surface area (TPSA) is 50.6 Å². The summed E-state index contributed by atoms with van der Waals surface area (Å²) in [5.41, 5.74) is 2.34. The summed E-state index contributed by atoms with van der Waals surface area (Å²) in [7, 11) is 0. The van der Waals surface area contributed by atoms with Gasteiger partial charge in [-0.1, -0.05) is 18.2 Å². The van der Waals surface area contributed by atoms with Gasteiger partial charge in [-0.25, -0.2) is 0 Å². The van der Waals surface area contributed by atoms with Gasteiger partial charge in [-0.2, -0.15) is 5.10 Å². The normalized spacial score (nSPS) is 21.0. The Morgan fingerprint density at radius 1 is 1.25 bits per heavy atom. The lowest BCUT2D eigenvalue weighted by Crippen LogP contribution is -2.48. The molecular weight excluding hydrogens is 304 g/mol. The minimum absolute atomic E-state index is 0.0808. The lowest BCUT2D eigenvalue weighted by atomic mass is 10.2. The Hall–Kier alpha value is -2.18. The predicted molar refractivity (Wildman–Crippen MR) is 90.9 cm³/mol. The Bertz CT molecular complexity index is 701. The maximum absolute atomic E-state index is 12.7. The molecule has 6 nitrogen and oxygen atoms in total. The Morgan fingerprint density at radius 2 is 2.17 bits per heavy atom. The highest BCUT2D eigenvalue weighted by Gasteiger charge is 2.28. The van der Waals surface area contributed by atoms with Crippen molar-refractivity contribution >= 4 is 11.6 Å². The number of aromatic nitrogens is 2. The number of carbonyl (C=O) groups excluding carboxylic acids is 1. The highest BCUT2D eigenvalue weighted by molar-refractivity contribution is 5.96. The molecule has 0 unspecified atom stereocenters. The van der Waals surface area contributed by atoms with E-state index in [0.29, 0.717) is 13.2 Å². The van der Waals surface area contributed by atoms with Gasteiger partial charge in [0.15, 0.2) is 0 Å². The van der Waals surface area contributed by atoms with Gasteiger partial charge in [0.25, 0.3) is 0 Å². The van der Waals surface area contributed by atoms with Crippen LogP contribution in [0.4, 0.5) is 5.69 Å². The largest absolute Gasteiger partial charge is 0.374 e. The fourth-order valence-electron chi connectivity index (χ4n) is 3.53. The Morgan fingerprint density at radius 3 is 3.04 bits per heavy atom. The number of anilines is 1. The van der Waals surface area contributed by atoms with E-state index in [1.165, 1.54) is 5.56 Å². The van der Waals surface area contributed by atoms with Crippen LogP contribution in [0.1, 0.15) is 5.56 Å². The molecule has 0 bridgehead atoms. The monoisotopic (exact) mass is 326 g/mol. The summed E-state index contributed by atoms with van der Waals surface area (Å²) in [6.45, 7) is 4.20. The first kappa shape index (κ1) is 15.4. The first-order chi connectivity index (χ1) is 11.8. The molecule has 2 aromatic rings. The molecule has 1 amide bonds. The second kappa shape index (κ2) is 6.75. The number of hydrogen-bond acceptors (Lipinski definition) is 4. The van der Waals surface area contributed by atoms with E-state index in [4.69, 9.17) is 4.74 Å². The zero-order valence-electron chi connectivity index (χ0n) is 13.7. The molecule has 2 aliphatic rings. The van der Waals surface area contributed by atoms with E-state index < -0.39 is 0 Å². The van der Waals surface area contributed by atoms with Crippen molar-refractivity contribution < 1.29 is 9.53 Å². The van der Waals surface area contributed by atoms with Gasteiger partial charge >= 0.3 is 0 Å². The molecular formula is C18H22N4O2. The summed E-state index contributed by atoms with van der Waals surface area (Å²) in [6.07, 6.45) is 4.74. The van der Waals surface area contributed by atoms with Crippen LogP contribution in [0, 0.1) is 0 Å². The molecule has 1 aromatic carbocycles. The Balaban J connectivity index is 1.36. The summed E-state index contributed by atoms with van der Waals surface area (Å²) in [4.78, 5) is 16.8.